The number of methoxy groups -OCH3 is 1. The van der Waals surface area contributed by atoms with Crippen LogP contribution in [0.5, 0.6) is 17.2 Å². The predicted octanol–water partition coefficient (Wildman–Crippen LogP) is 3.15. The number of hydrogen-bond donors (Lipinski definition) is 0. The lowest BCUT2D eigenvalue weighted by molar-refractivity contribution is 0.216. The smallest absolute Gasteiger partial charge is 0.123 e. The average Bonchev–Trinajstić information content (AvgIpc) is 2.45. The molecule has 0 heterocycles. The lowest BCUT2D eigenvalue weighted by atomic mass is 10.3. The molecule has 3 nitrogen and oxygen atoms in total. The maximum absolute atomic E-state index is 5.57. The third kappa shape index (κ3) is 3.70. The van der Waals surface area contributed by atoms with E-state index in [9.17, 15) is 0 Å². The fourth-order valence-electron chi connectivity index (χ4n) is 1.53. The number of para-hydroxylation sites is 1. The van der Waals surface area contributed by atoms with Gasteiger partial charge >= 0.3 is 0 Å². The van der Waals surface area contributed by atoms with Crippen LogP contribution >= 0.6 is 0 Å². The maximum atomic E-state index is 5.57. The van der Waals surface area contributed by atoms with Gasteiger partial charge in [0.1, 0.15) is 30.5 Å². The van der Waals surface area contributed by atoms with Gasteiger partial charge in [-0.3, -0.25) is 0 Å². The van der Waals surface area contributed by atoms with Crippen molar-refractivity contribution in [3.05, 3.63) is 54.6 Å². The molecule has 0 amide bonds. The second-order valence-corrected chi connectivity index (χ2v) is 3.69. The van der Waals surface area contributed by atoms with Crippen molar-refractivity contribution < 1.29 is 14.2 Å². The van der Waals surface area contributed by atoms with Gasteiger partial charge in [0.25, 0.3) is 0 Å². The van der Waals surface area contributed by atoms with E-state index in [-0.39, 0.29) is 0 Å². The van der Waals surface area contributed by atoms with Crippen LogP contribution in [0.4, 0.5) is 0 Å². The van der Waals surface area contributed by atoms with Crippen LogP contribution in [-0.2, 0) is 0 Å². The van der Waals surface area contributed by atoms with Crippen molar-refractivity contribution in [2.24, 2.45) is 0 Å². The standard InChI is InChI=1S/C15H16O3/c1-16-14-8-5-9-15(12-14)18-11-10-17-13-6-3-2-4-7-13/h2-9,12H,10-11H2,1H3. The highest BCUT2D eigenvalue weighted by molar-refractivity contribution is 5.32. The topological polar surface area (TPSA) is 27.7 Å². The zero-order chi connectivity index (χ0) is 12.6. The molecule has 0 aliphatic heterocycles. The van der Waals surface area contributed by atoms with Crippen molar-refractivity contribution in [1.29, 1.82) is 0 Å². The molecule has 0 fully saturated rings. The Bertz CT molecular complexity index is 468. The molecule has 2 rings (SSSR count). The fourth-order valence-corrected chi connectivity index (χ4v) is 1.53. The van der Waals surface area contributed by atoms with E-state index in [1.807, 2.05) is 54.6 Å². The van der Waals surface area contributed by atoms with Crippen molar-refractivity contribution in [2.45, 2.75) is 0 Å². The van der Waals surface area contributed by atoms with Gasteiger partial charge in [0.15, 0.2) is 0 Å². The molecule has 0 aromatic heterocycles. The molecular formula is C15H16O3. The molecule has 18 heavy (non-hydrogen) atoms. The van der Waals surface area contributed by atoms with Crippen LogP contribution in [0.1, 0.15) is 0 Å². The van der Waals surface area contributed by atoms with Crippen molar-refractivity contribution in [3.8, 4) is 17.2 Å². The molecule has 94 valence electrons. The van der Waals surface area contributed by atoms with Gasteiger partial charge in [0.05, 0.1) is 7.11 Å². The Labute approximate surface area is 107 Å². The highest BCUT2D eigenvalue weighted by Crippen LogP contribution is 2.18. The lowest BCUT2D eigenvalue weighted by Gasteiger charge is -2.09. The predicted molar refractivity (Wildman–Crippen MR) is 70.4 cm³/mol. The Morgan fingerprint density at radius 2 is 1.33 bits per heavy atom. The Morgan fingerprint density at radius 1 is 0.722 bits per heavy atom. The van der Waals surface area contributed by atoms with Gasteiger partial charge in [-0.2, -0.15) is 0 Å². The second-order valence-electron chi connectivity index (χ2n) is 3.69. The summed E-state index contributed by atoms with van der Waals surface area (Å²) in [5.41, 5.74) is 0. The van der Waals surface area contributed by atoms with Crippen molar-refractivity contribution in [3.63, 3.8) is 0 Å². The van der Waals surface area contributed by atoms with Gasteiger partial charge in [-0.25, -0.2) is 0 Å². The monoisotopic (exact) mass is 244 g/mol. The molecule has 2 aromatic rings. The van der Waals surface area contributed by atoms with E-state index in [1.165, 1.54) is 0 Å². The number of rotatable bonds is 6. The van der Waals surface area contributed by atoms with E-state index < -0.39 is 0 Å². The SMILES string of the molecule is COc1cccc(OCCOc2ccccc2)c1. The molecule has 2 aromatic carbocycles. The summed E-state index contributed by atoms with van der Waals surface area (Å²) in [6, 6.07) is 17.2. The van der Waals surface area contributed by atoms with E-state index >= 15 is 0 Å². The molecule has 0 bridgehead atoms. The molecule has 3 heteroatoms. The zero-order valence-electron chi connectivity index (χ0n) is 10.3. The molecule has 0 N–H and O–H groups in total. The Morgan fingerprint density at radius 3 is 2.06 bits per heavy atom. The van der Waals surface area contributed by atoms with E-state index in [4.69, 9.17) is 14.2 Å². The van der Waals surface area contributed by atoms with Gasteiger partial charge in [-0.1, -0.05) is 24.3 Å². The van der Waals surface area contributed by atoms with Crippen molar-refractivity contribution in [2.75, 3.05) is 20.3 Å². The summed E-state index contributed by atoms with van der Waals surface area (Å²) in [5, 5.41) is 0. The Balaban J connectivity index is 1.75. The maximum Gasteiger partial charge on any atom is 0.123 e. The van der Waals surface area contributed by atoms with Gasteiger partial charge in [0.2, 0.25) is 0 Å². The summed E-state index contributed by atoms with van der Waals surface area (Å²) in [6.45, 7) is 1.02. The first-order chi connectivity index (χ1) is 8.88. The largest absolute Gasteiger partial charge is 0.497 e. The van der Waals surface area contributed by atoms with E-state index in [0.717, 1.165) is 17.2 Å². The first-order valence-corrected chi connectivity index (χ1v) is 5.83. The molecular weight excluding hydrogens is 228 g/mol. The van der Waals surface area contributed by atoms with E-state index in [2.05, 4.69) is 0 Å². The minimum absolute atomic E-state index is 0.502. The summed E-state index contributed by atoms with van der Waals surface area (Å²) in [6.07, 6.45) is 0. The first-order valence-electron chi connectivity index (χ1n) is 5.83. The highest BCUT2D eigenvalue weighted by Gasteiger charge is 1.97. The third-order valence-electron chi connectivity index (χ3n) is 2.41. The van der Waals surface area contributed by atoms with Gasteiger partial charge < -0.3 is 14.2 Å². The van der Waals surface area contributed by atoms with Crippen molar-refractivity contribution in [1.82, 2.24) is 0 Å². The molecule has 0 saturated carbocycles. The number of hydrogen-bond acceptors (Lipinski definition) is 3. The van der Waals surface area contributed by atoms with Crippen LogP contribution in [-0.4, -0.2) is 20.3 Å². The van der Waals surface area contributed by atoms with Crippen molar-refractivity contribution >= 4 is 0 Å². The summed E-state index contributed by atoms with van der Waals surface area (Å²) in [7, 11) is 1.64. The quantitative estimate of drug-likeness (QED) is 0.730. The van der Waals surface area contributed by atoms with Crippen LogP contribution in [0.25, 0.3) is 0 Å². The third-order valence-corrected chi connectivity index (χ3v) is 2.41. The van der Waals surface area contributed by atoms with Crippen LogP contribution in [0.15, 0.2) is 54.6 Å². The van der Waals surface area contributed by atoms with Crippen LogP contribution in [0.2, 0.25) is 0 Å². The normalized spacial score (nSPS) is 9.83. The highest BCUT2D eigenvalue weighted by atomic mass is 16.5. The molecule has 0 aliphatic carbocycles. The molecule has 0 unspecified atom stereocenters. The minimum atomic E-state index is 0.502. The van der Waals surface area contributed by atoms with Gasteiger partial charge in [0, 0.05) is 6.07 Å². The van der Waals surface area contributed by atoms with Gasteiger partial charge in [-0.05, 0) is 24.3 Å². The van der Waals surface area contributed by atoms with Gasteiger partial charge in [-0.15, -0.1) is 0 Å². The molecule has 0 radical (unpaired) electrons. The average molecular weight is 244 g/mol. The van der Waals surface area contributed by atoms with Crippen LogP contribution < -0.4 is 14.2 Å². The summed E-state index contributed by atoms with van der Waals surface area (Å²) >= 11 is 0. The zero-order valence-corrected chi connectivity index (χ0v) is 10.3. The molecule has 0 atom stereocenters. The van der Waals surface area contributed by atoms with E-state index in [1.54, 1.807) is 7.11 Å². The number of ether oxygens (including phenoxy) is 3. The Kier molecular flexibility index (Phi) is 4.47. The lowest BCUT2D eigenvalue weighted by Crippen LogP contribution is -2.08. The minimum Gasteiger partial charge on any atom is -0.497 e. The summed E-state index contributed by atoms with van der Waals surface area (Å²) in [5.74, 6) is 2.43. The van der Waals surface area contributed by atoms with Crippen LogP contribution in [0.3, 0.4) is 0 Å². The summed E-state index contributed by atoms with van der Waals surface area (Å²) in [4.78, 5) is 0. The molecule has 0 saturated heterocycles. The van der Waals surface area contributed by atoms with E-state index in [0.29, 0.717) is 13.2 Å². The first kappa shape index (κ1) is 12.3. The second kappa shape index (κ2) is 6.55. The fraction of sp³-hybridized carbons (Fsp3) is 0.200. The molecule has 0 spiro atoms. The number of benzene rings is 2. The summed E-state index contributed by atoms with van der Waals surface area (Å²) < 4.78 is 16.2. The Hall–Kier alpha value is -2.16. The van der Waals surface area contributed by atoms with Crippen LogP contribution in [0, 0.1) is 0 Å². The molecule has 0 aliphatic rings.